The fourth-order valence-electron chi connectivity index (χ4n) is 2.53. The van der Waals surface area contributed by atoms with Crippen molar-refractivity contribution >= 4 is 17.6 Å². The van der Waals surface area contributed by atoms with Crippen molar-refractivity contribution in [1.29, 1.82) is 0 Å². The van der Waals surface area contributed by atoms with E-state index in [2.05, 4.69) is 25.9 Å². The van der Waals surface area contributed by atoms with Crippen molar-refractivity contribution in [2.45, 2.75) is 19.5 Å². The molecule has 0 saturated heterocycles. The third kappa shape index (κ3) is 2.48. The standard InChI is InChI=1S/C13H17N7/c14-10-3-1-2-8-4-5-20(6-9(8)10)7-11-17-12(15)19-13(16)18-11/h1-3H,4-7,14H2,(H4,15,16,17,18,19). The minimum atomic E-state index is 0.157. The summed E-state index contributed by atoms with van der Waals surface area (Å²) in [6.45, 7) is 2.31. The molecule has 0 amide bonds. The van der Waals surface area contributed by atoms with E-state index < -0.39 is 0 Å². The molecule has 7 nitrogen and oxygen atoms in total. The summed E-state index contributed by atoms with van der Waals surface area (Å²) >= 11 is 0. The number of aromatic nitrogens is 3. The van der Waals surface area contributed by atoms with Crippen LogP contribution in [0.2, 0.25) is 0 Å². The number of benzene rings is 1. The van der Waals surface area contributed by atoms with E-state index in [9.17, 15) is 0 Å². The molecule has 0 fully saturated rings. The highest BCUT2D eigenvalue weighted by atomic mass is 15.2. The van der Waals surface area contributed by atoms with Crippen LogP contribution in [0, 0.1) is 0 Å². The van der Waals surface area contributed by atoms with Gasteiger partial charge in [0.25, 0.3) is 0 Å². The lowest BCUT2D eigenvalue weighted by atomic mass is 9.98. The van der Waals surface area contributed by atoms with Crippen molar-refractivity contribution in [3.63, 3.8) is 0 Å². The van der Waals surface area contributed by atoms with Crippen molar-refractivity contribution in [1.82, 2.24) is 19.9 Å². The smallest absolute Gasteiger partial charge is 0.225 e. The van der Waals surface area contributed by atoms with Crippen LogP contribution in [-0.4, -0.2) is 26.4 Å². The summed E-state index contributed by atoms with van der Waals surface area (Å²) in [6, 6.07) is 6.06. The predicted octanol–water partition coefficient (Wildman–Crippen LogP) is 0.176. The molecule has 0 saturated carbocycles. The molecule has 2 aromatic rings. The molecule has 6 N–H and O–H groups in total. The summed E-state index contributed by atoms with van der Waals surface area (Å²) in [5.41, 5.74) is 20.5. The Balaban J connectivity index is 1.79. The zero-order chi connectivity index (χ0) is 14.1. The number of nitrogens with zero attached hydrogens (tertiary/aromatic N) is 4. The van der Waals surface area contributed by atoms with E-state index in [1.165, 1.54) is 11.1 Å². The second kappa shape index (κ2) is 4.93. The van der Waals surface area contributed by atoms with Gasteiger partial charge in [0.1, 0.15) is 5.82 Å². The Hall–Kier alpha value is -2.41. The van der Waals surface area contributed by atoms with Crippen molar-refractivity contribution in [2.75, 3.05) is 23.7 Å². The molecule has 0 atom stereocenters. The average Bonchev–Trinajstić information content (AvgIpc) is 2.38. The number of hydrogen-bond donors (Lipinski definition) is 3. The average molecular weight is 271 g/mol. The summed E-state index contributed by atoms with van der Waals surface area (Å²) in [5, 5.41) is 0. The van der Waals surface area contributed by atoms with Crippen molar-refractivity contribution in [3.8, 4) is 0 Å². The van der Waals surface area contributed by atoms with Gasteiger partial charge in [-0.15, -0.1) is 0 Å². The monoisotopic (exact) mass is 271 g/mol. The zero-order valence-corrected chi connectivity index (χ0v) is 11.1. The predicted molar refractivity (Wildman–Crippen MR) is 77.3 cm³/mol. The summed E-state index contributed by atoms with van der Waals surface area (Å²) in [4.78, 5) is 14.2. The van der Waals surface area contributed by atoms with Crippen molar-refractivity contribution in [3.05, 3.63) is 35.2 Å². The molecule has 7 heteroatoms. The van der Waals surface area contributed by atoms with Crippen LogP contribution in [0.15, 0.2) is 18.2 Å². The highest BCUT2D eigenvalue weighted by Gasteiger charge is 2.19. The molecular weight excluding hydrogens is 254 g/mol. The van der Waals surface area contributed by atoms with Crippen LogP contribution in [0.4, 0.5) is 17.6 Å². The molecule has 104 valence electrons. The molecule has 0 unspecified atom stereocenters. The molecule has 0 aliphatic carbocycles. The quantitative estimate of drug-likeness (QED) is 0.666. The second-order valence-electron chi connectivity index (χ2n) is 4.91. The highest BCUT2D eigenvalue weighted by Crippen LogP contribution is 2.24. The van der Waals surface area contributed by atoms with E-state index >= 15 is 0 Å². The Morgan fingerprint density at radius 3 is 2.55 bits per heavy atom. The molecule has 2 heterocycles. The van der Waals surface area contributed by atoms with Crippen LogP contribution >= 0.6 is 0 Å². The molecule has 0 bridgehead atoms. The normalized spacial score (nSPS) is 15.0. The molecule has 0 radical (unpaired) electrons. The lowest BCUT2D eigenvalue weighted by Gasteiger charge is -2.29. The first-order chi connectivity index (χ1) is 9.61. The summed E-state index contributed by atoms with van der Waals surface area (Å²) in [5.74, 6) is 0.904. The number of nitrogens with two attached hydrogens (primary N) is 3. The largest absolute Gasteiger partial charge is 0.398 e. The third-order valence-electron chi connectivity index (χ3n) is 3.47. The van der Waals surface area contributed by atoms with E-state index in [1.807, 2.05) is 12.1 Å². The summed E-state index contributed by atoms with van der Waals surface area (Å²) in [6.07, 6.45) is 0.969. The first-order valence-electron chi connectivity index (χ1n) is 6.46. The number of rotatable bonds is 2. The van der Waals surface area contributed by atoms with Gasteiger partial charge in [0, 0.05) is 18.8 Å². The SMILES string of the molecule is Nc1nc(N)nc(CN2CCc3cccc(N)c3C2)n1. The van der Waals surface area contributed by atoms with Gasteiger partial charge < -0.3 is 17.2 Å². The third-order valence-corrected chi connectivity index (χ3v) is 3.47. The molecule has 20 heavy (non-hydrogen) atoms. The molecule has 1 aliphatic heterocycles. The minimum Gasteiger partial charge on any atom is -0.398 e. The van der Waals surface area contributed by atoms with E-state index in [0.717, 1.165) is 25.2 Å². The first-order valence-corrected chi connectivity index (χ1v) is 6.46. The molecular formula is C13H17N7. The number of anilines is 3. The van der Waals surface area contributed by atoms with E-state index in [1.54, 1.807) is 0 Å². The van der Waals surface area contributed by atoms with Gasteiger partial charge in [-0.05, 0) is 23.6 Å². The maximum Gasteiger partial charge on any atom is 0.225 e. The van der Waals surface area contributed by atoms with Gasteiger partial charge in [0.2, 0.25) is 11.9 Å². The summed E-state index contributed by atoms with van der Waals surface area (Å²) < 4.78 is 0. The van der Waals surface area contributed by atoms with E-state index in [4.69, 9.17) is 17.2 Å². The Kier molecular flexibility index (Phi) is 3.11. The summed E-state index contributed by atoms with van der Waals surface area (Å²) in [7, 11) is 0. The topological polar surface area (TPSA) is 120 Å². The number of fused-ring (bicyclic) bond motifs is 1. The second-order valence-corrected chi connectivity index (χ2v) is 4.91. The molecule has 0 spiro atoms. The number of nitrogen functional groups attached to an aromatic ring is 3. The van der Waals surface area contributed by atoms with Crippen LogP contribution in [-0.2, 0) is 19.5 Å². The van der Waals surface area contributed by atoms with E-state index in [-0.39, 0.29) is 11.9 Å². The minimum absolute atomic E-state index is 0.157. The van der Waals surface area contributed by atoms with Gasteiger partial charge in [-0.1, -0.05) is 12.1 Å². The van der Waals surface area contributed by atoms with Gasteiger partial charge in [0.15, 0.2) is 0 Å². The van der Waals surface area contributed by atoms with Gasteiger partial charge in [-0.2, -0.15) is 15.0 Å². The van der Waals surface area contributed by atoms with Crippen LogP contribution in [0.1, 0.15) is 17.0 Å². The van der Waals surface area contributed by atoms with Gasteiger partial charge >= 0.3 is 0 Å². The zero-order valence-electron chi connectivity index (χ0n) is 11.1. The number of hydrogen-bond acceptors (Lipinski definition) is 7. The van der Waals surface area contributed by atoms with Gasteiger partial charge in [0.05, 0.1) is 6.54 Å². The van der Waals surface area contributed by atoms with Crippen LogP contribution in [0.5, 0.6) is 0 Å². The molecule has 3 rings (SSSR count). The lowest BCUT2D eigenvalue weighted by Crippen LogP contribution is -2.31. The Labute approximate surface area is 116 Å². The highest BCUT2D eigenvalue weighted by molar-refractivity contribution is 5.51. The Morgan fingerprint density at radius 2 is 1.80 bits per heavy atom. The Morgan fingerprint density at radius 1 is 1.05 bits per heavy atom. The maximum absolute atomic E-state index is 6.04. The van der Waals surface area contributed by atoms with Gasteiger partial charge in [-0.25, -0.2) is 0 Å². The fourth-order valence-corrected chi connectivity index (χ4v) is 2.53. The molecule has 1 aromatic heterocycles. The lowest BCUT2D eigenvalue weighted by molar-refractivity contribution is 0.240. The van der Waals surface area contributed by atoms with E-state index in [0.29, 0.717) is 12.4 Å². The molecule has 1 aromatic carbocycles. The van der Waals surface area contributed by atoms with Crippen LogP contribution in [0.3, 0.4) is 0 Å². The fraction of sp³-hybridized carbons (Fsp3) is 0.308. The van der Waals surface area contributed by atoms with Crippen LogP contribution in [0.25, 0.3) is 0 Å². The van der Waals surface area contributed by atoms with Crippen molar-refractivity contribution in [2.24, 2.45) is 0 Å². The van der Waals surface area contributed by atoms with Crippen LogP contribution < -0.4 is 17.2 Å². The Bertz CT molecular complexity index is 620. The van der Waals surface area contributed by atoms with Crippen molar-refractivity contribution < 1.29 is 0 Å². The molecule has 1 aliphatic rings. The van der Waals surface area contributed by atoms with Gasteiger partial charge in [-0.3, -0.25) is 4.90 Å². The maximum atomic E-state index is 6.04. The first kappa shape index (κ1) is 12.6.